The lowest BCUT2D eigenvalue weighted by Gasteiger charge is -2.21. The van der Waals surface area contributed by atoms with E-state index in [9.17, 15) is 26.4 Å². The average Bonchev–Trinajstić information content (AvgIpc) is 3.21. The fraction of sp³-hybridized carbons (Fsp3) is 0.391. The van der Waals surface area contributed by atoms with Crippen molar-refractivity contribution in [3.8, 4) is 11.3 Å². The number of fused-ring (bicyclic) bond motifs is 1. The molecule has 0 aliphatic carbocycles. The molecule has 12 heteroatoms. The van der Waals surface area contributed by atoms with Crippen LogP contribution < -0.4 is 9.62 Å². The maximum Gasteiger partial charge on any atom is 0.263 e. The molecule has 0 spiro atoms. The van der Waals surface area contributed by atoms with Gasteiger partial charge in [-0.2, -0.15) is 4.98 Å². The fourth-order valence-electron chi connectivity index (χ4n) is 3.67. The van der Waals surface area contributed by atoms with Gasteiger partial charge in [0.15, 0.2) is 0 Å². The molecule has 1 aromatic carbocycles. The molecule has 3 rings (SSSR count). The first kappa shape index (κ1) is 26.8. The molecule has 3 aromatic rings. The van der Waals surface area contributed by atoms with Gasteiger partial charge in [0, 0.05) is 24.9 Å². The molecule has 35 heavy (non-hydrogen) atoms. The molecule has 2 N–H and O–H groups in total. The normalized spacial score (nSPS) is 12.6. The predicted octanol–water partition coefficient (Wildman–Crippen LogP) is 3.71. The third kappa shape index (κ3) is 6.06. The number of aromatic nitrogens is 1. The van der Waals surface area contributed by atoms with Gasteiger partial charge in [0.25, 0.3) is 17.2 Å². The number of pyridine rings is 1. The van der Waals surface area contributed by atoms with Crippen LogP contribution in [0.1, 0.15) is 42.6 Å². The van der Waals surface area contributed by atoms with E-state index in [0.29, 0.717) is 35.8 Å². The summed E-state index contributed by atoms with van der Waals surface area (Å²) in [4.78, 5) is 17.2. The Balaban J connectivity index is 2.06. The summed E-state index contributed by atoms with van der Waals surface area (Å²) in [6.07, 6.45) is 1.14. The second-order valence-electron chi connectivity index (χ2n) is 7.85. The van der Waals surface area contributed by atoms with E-state index < -0.39 is 32.8 Å². The van der Waals surface area contributed by atoms with Crippen LogP contribution in [-0.4, -0.2) is 53.2 Å². The molecule has 0 saturated heterocycles. The number of sulfone groups is 1. The van der Waals surface area contributed by atoms with Crippen LogP contribution in [0.5, 0.6) is 0 Å². The average molecular weight is 526 g/mol. The number of rotatable bonds is 11. The lowest BCUT2D eigenvalue weighted by molar-refractivity contribution is 0.0964. The minimum absolute atomic E-state index is 0.00277. The van der Waals surface area contributed by atoms with Gasteiger partial charge in [-0.15, -0.1) is 0 Å². The monoisotopic (exact) mass is 525 g/mol. The molecule has 0 bridgehead atoms. The lowest BCUT2D eigenvalue weighted by Crippen LogP contribution is -2.29. The molecule has 0 aliphatic heterocycles. The number of amides is 1. The molecule has 190 valence electrons. The molecule has 1 amide bonds. The quantitative estimate of drug-likeness (QED) is 0.288. The van der Waals surface area contributed by atoms with Crippen LogP contribution in [0.3, 0.4) is 0 Å². The number of anilines is 1. The maximum atomic E-state index is 13.4. The second kappa shape index (κ2) is 11.3. The Morgan fingerprint density at radius 1 is 1.23 bits per heavy atom. The van der Waals surface area contributed by atoms with Crippen LogP contribution >= 0.6 is 0 Å². The number of furan rings is 1. The zero-order valence-electron chi connectivity index (χ0n) is 19.7. The van der Waals surface area contributed by atoms with Crippen molar-refractivity contribution in [2.45, 2.75) is 33.1 Å². The van der Waals surface area contributed by atoms with E-state index in [2.05, 4.69) is 10.3 Å². The first-order chi connectivity index (χ1) is 16.6. The Kier molecular flexibility index (Phi) is 8.62. The Morgan fingerprint density at radius 2 is 1.91 bits per heavy atom. The molecule has 1 unspecified atom stereocenters. The summed E-state index contributed by atoms with van der Waals surface area (Å²) in [5, 5.41) is 2.99. The Morgan fingerprint density at radius 3 is 2.49 bits per heavy atom. The zero-order valence-corrected chi connectivity index (χ0v) is 21.3. The Hall–Kier alpha value is -2.83. The van der Waals surface area contributed by atoms with Crippen molar-refractivity contribution in [2.24, 2.45) is 0 Å². The largest absolute Gasteiger partial charge is 0.437 e. The molecular formula is C23H28FN3O6S2. The van der Waals surface area contributed by atoms with E-state index in [1.54, 1.807) is 13.0 Å². The standard InChI is InChI=1S/C23H28FN3O6S2/c1-4-15-14-18-19(22(28)25-3)20(16-8-10-17(24)11-9-16)33-23(18)26-21(15)27(34(29)30)12-6-7-13-35(31,32)5-2/h8-11,14H,4-7,12-13H2,1-3H3,(H,25,28)(H,29,30). The number of benzene rings is 1. The topological polar surface area (TPSA) is 130 Å². The van der Waals surface area contributed by atoms with Crippen LogP contribution in [0, 0.1) is 5.82 Å². The summed E-state index contributed by atoms with van der Waals surface area (Å²) < 4.78 is 66.2. The van der Waals surface area contributed by atoms with Crippen LogP contribution in [0.15, 0.2) is 34.7 Å². The second-order valence-corrected chi connectivity index (χ2v) is 11.2. The highest BCUT2D eigenvalue weighted by Gasteiger charge is 2.26. The van der Waals surface area contributed by atoms with Crippen molar-refractivity contribution in [2.75, 3.05) is 29.4 Å². The van der Waals surface area contributed by atoms with Gasteiger partial charge in [-0.25, -0.2) is 17.0 Å². The predicted molar refractivity (Wildman–Crippen MR) is 134 cm³/mol. The summed E-state index contributed by atoms with van der Waals surface area (Å²) in [5.74, 6) is -0.401. The van der Waals surface area contributed by atoms with Crippen LogP contribution in [0.4, 0.5) is 10.2 Å². The van der Waals surface area contributed by atoms with Gasteiger partial charge < -0.3 is 9.73 Å². The minimum atomic E-state index is -3.13. The molecule has 0 radical (unpaired) electrons. The highest BCUT2D eigenvalue weighted by atomic mass is 32.2. The lowest BCUT2D eigenvalue weighted by atomic mass is 10.0. The number of hydrogen-bond acceptors (Lipinski definition) is 6. The van der Waals surface area contributed by atoms with E-state index in [4.69, 9.17) is 4.42 Å². The highest BCUT2D eigenvalue weighted by Crippen LogP contribution is 2.36. The van der Waals surface area contributed by atoms with Gasteiger partial charge in [0.1, 0.15) is 27.2 Å². The van der Waals surface area contributed by atoms with Crippen molar-refractivity contribution in [1.82, 2.24) is 10.3 Å². The fourth-order valence-corrected chi connectivity index (χ4v) is 5.19. The number of nitrogens with one attached hydrogen (secondary N) is 1. The molecule has 2 aromatic heterocycles. The van der Waals surface area contributed by atoms with E-state index in [1.165, 1.54) is 35.6 Å². The first-order valence-electron chi connectivity index (χ1n) is 11.1. The van der Waals surface area contributed by atoms with Gasteiger partial charge in [-0.1, -0.05) is 13.8 Å². The van der Waals surface area contributed by atoms with Gasteiger partial charge in [-0.05, 0) is 55.2 Å². The first-order valence-corrected chi connectivity index (χ1v) is 14.0. The molecular weight excluding hydrogens is 497 g/mol. The van der Waals surface area contributed by atoms with Crippen LogP contribution in [0.25, 0.3) is 22.4 Å². The summed E-state index contributed by atoms with van der Waals surface area (Å²) in [5.41, 5.74) is 1.39. The zero-order chi connectivity index (χ0) is 25.8. The van der Waals surface area contributed by atoms with E-state index in [0.717, 1.165) is 0 Å². The third-order valence-electron chi connectivity index (χ3n) is 5.61. The van der Waals surface area contributed by atoms with Gasteiger partial charge >= 0.3 is 0 Å². The van der Waals surface area contributed by atoms with Gasteiger partial charge in [0.2, 0.25) is 5.71 Å². The van der Waals surface area contributed by atoms with Crippen molar-refractivity contribution in [1.29, 1.82) is 0 Å². The van der Waals surface area contributed by atoms with Crippen molar-refractivity contribution < 1.29 is 30.8 Å². The van der Waals surface area contributed by atoms with E-state index in [1.807, 2.05) is 6.92 Å². The number of hydrogen-bond donors (Lipinski definition) is 2. The smallest absolute Gasteiger partial charge is 0.263 e. The van der Waals surface area contributed by atoms with Gasteiger partial charge in [-0.3, -0.25) is 13.7 Å². The summed E-state index contributed by atoms with van der Waals surface area (Å²) in [7, 11) is -1.65. The number of halogens is 1. The Bertz CT molecular complexity index is 1340. The molecule has 0 aliphatic rings. The Labute approximate surface area is 206 Å². The van der Waals surface area contributed by atoms with Gasteiger partial charge in [0.05, 0.1) is 16.7 Å². The third-order valence-corrected chi connectivity index (χ3v) is 8.13. The summed E-state index contributed by atoms with van der Waals surface area (Å²) in [6, 6.07) is 7.17. The van der Waals surface area contributed by atoms with Crippen LogP contribution in [-0.2, 0) is 27.5 Å². The summed E-state index contributed by atoms with van der Waals surface area (Å²) in [6.45, 7) is 3.52. The molecule has 1 atom stereocenters. The molecule has 9 nitrogen and oxygen atoms in total. The minimum Gasteiger partial charge on any atom is -0.437 e. The molecule has 0 saturated carbocycles. The summed E-state index contributed by atoms with van der Waals surface area (Å²) >= 11 is -2.42. The number of carbonyl (C=O) groups excluding carboxylic acids is 1. The number of unbranched alkanes of at least 4 members (excludes halogenated alkanes) is 1. The highest BCUT2D eigenvalue weighted by molar-refractivity contribution is 7.91. The van der Waals surface area contributed by atoms with E-state index >= 15 is 0 Å². The number of nitrogens with zero attached hydrogens (tertiary/aromatic N) is 2. The number of aryl methyl sites for hydroxylation is 1. The van der Waals surface area contributed by atoms with E-state index in [-0.39, 0.29) is 40.9 Å². The van der Waals surface area contributed by atoms with Crippen molar-refractivity contribution >= 4 is 43.9 Å². The number of carbonyl (C=O) groups is 1. The van der Waals surface area contributed by atoms with Crippen molar-refractivity contribution in [3.05, 3.63) is 47.3 Å². The molecule has 2 heterocycles. The molecule has 0 fully saturated rings. The maximum absolute atomic E-state index is 13.4. The van der Waals surface area contributed by atoms with Crippen LogP contribution in [0.2, 0.25) is 0 Å². The van der Waals surface area contributed by atoms with Crippen molar-refractivity contribution in [3.63, 3.8) is 0 Å². The SMILES string of the molecule is CCc1cc2c(C(=O)NC)c(-c3ccc(F)cc3)oc2nc1N(CCCCS(=O)(=O)CC)S(=O)O.